The molecule has 156 valence electrons. The van der Waals surface area contributed by atoms with Crippen molar-refractivity contribution in [3.63, 3.8) is 0 Å². The molecule has 0 radical (unpaired) electrons. The summed E-state index contributed by atoms with van der Waals surface area (Å²) in [4.78, 5) is 12.4. The summed E-state index contributed by atoms with van der Waals surface area (Å²) in [5.41, 5.74) is 2.19. The molecule has 0 aliphatic carbocycles. The van der Waals surface area contributed by atoms with Crippen LogP contribution >= 0.6 is 11.8 Å². The van der Waals surface area contributed by atoms with Gasteiger partial charge in [0, 0.05) is 13.0 Å². The number of carbonyl (C=O) groups is 1. The fraction of sp³-hybridized carbons (Fsp3) is 0.261. The highest BCUT2D eigenvalue weighted by Crippen LogP contribution is 2.20. The molecule has 1 amide bonds. The van der Waals surface area contributed by atoms with E-state index in [0.717, 1.165) is 22.7 Å². The van der Waals surface area contributed by atoms with Crippen LogP contribution in [0.1, 0.15) is 29.9 Å². The van der Waals surface area contributed by atoms with E-state index in [1.54, 1.807) is 7.11 Å². The van der Waals surface area contributed by atoms with Crippen LogP contribution < -0.4 is 10.1 Å². The highest BCUT2D eigenvalue weighted by atomic mass is 32.2. The number of nitrogens with one attached hydrogen (secondary N) is 1. The number of carbonyl (C=O) groups excluding carboxylic acids is 1. The molecule has 3 rings (SSSR count). The van der Waals surface area contributed by atoms with E-state index in [1.165, 1.54) is 11.8 Å². The van der Waals surface area contributed by atoms with Gasteiger partial charge in [0.25, 0.3) is 0 Å². The zero-order valence-corrected chi connectivity index (χ0v) is 18.1. The summed E-state index contributed by atoms with van der Waals surface area (Å²) in [6.45, 7) is 6.40. The molecule has 6 nitrogen and oxygen atoms in total. The molecule has 2 aromatic carbocycles. The second-order valence-corrected chi connectivity index (χ2v) is 7.75. The molecule has 0 aliphatic rings. The van der Waals surface area contributed by atoms with Crippen molar-refractivity contribution in [2.24, 2.45) is 0 Å². The van der Waals surface area contributed by atoms with Crippen LogP contribution in [0.2, 0.25) is 0 Å². The summed E-state index contributed by atoms with van der Waals surface area (Å²) in [5, 5.41) is 12.4. The topological polar surface area (TPSA) is 69.0 Å². The maximum absolute atomic E-state index is 12.4. The van der Waals surface area contributed by atoms with Gasteiger partial charge in [0.2, 0.25) is 5.91 Å². The van der Waals surface area contributed by atoms with Gasteiger partial charge in [-0.05, 0) is 30.2 Å². The van der Waals surface area contributed by atoms with Gasteiger partial charge < -0.3 is 14.6 Å². The fourth-order valence-electron chi connectivity index (χ4n) is 3.03. The quantitative estimate of drug-likeness (QED) is 0.395. The standard InChI is InChI=1S/C23H26N4O2S/c1-4-14-27-21(15-18-10-12-20(29-3)13-11-18)25-26-23(27)30-16-22(28)24-17(2)19-8-6-5-7-9-19/h4-13,17H,1,14-16H2,2-3H3,(H,24,28)/t17-/m0/s1. The van der Waals surface area contributed by atoms with Crippen LogP contribution in [0.5, 0.6) is 5.75 Å². The number of aromatic nitrogens is 3. The molecule has 0 aliphatic heterocycles. The highest BCUT2D eigenvalue weighted by Gasteiger charge is 2.15. The Kier molecular flexibility index (Phi) is 7.68. The summed E-state index contributed by atoms with van der Waals surface area (Å²) in [5.74, 6) is 1.88. The largest absolute Gasteiger partial charge is 0.497 e. The first kappa shape index (κ1) is 21.6. The van der Waals surface area contributed by atoms with E-state index < -0.39 is 0 Å². The van der Waals surface area contributed by atoms with Gasteiger partial charge in [-0.25, -0.2) is 0 Å². The maximum atomic E-state index is 12.4. The summed E-state index contributed by atoms with van der Waals surface area (Å²) < 4.78 is 7.20. The van der Waals surface area contributed by atoms with Crippen molar-refractivity contribution in [3.8, 4) is 5.75 Å². The van der Waals surface area contributed by atoms with Gasteiger partial charge in [-0.3, -0.25) is 4.79 Å². The van der Waals surface area contributed by atoms with E-state index in [9.17, 15) is 4.79 Å². The van der Waals surface area contributed by atoms with E-state index in [-0.39, 0.29) is 17.7 Å². The Hall–Kier alpha value is -3.06. The Bertz CT molecular complexity index is 971. The van der Waals surface area contributed by atoms with Crippen molar-refractivity contribution >= 4 is 17.7 Å². The summed E-state index contributed by atoms with van der Waals surface area (Å²) in [6.07, 6.45) is 2.45. The van der Waals surface area contributed by atoms with E-state index in [4.69, 9.17) is 4.74 Å². The Morgan fingerprint density at radius 1 is 1.20 bits per heavy atom. The second-order valence-electron chi connectivity index (χ2n) is 6.81. The molecule has 0 bridgehead atoms. The molecule has 1 N–H and O–H groups in total. The first-order valence-corrected chi connectivity index (χ1v) is 10.7. The minimum absolute atomic E-state index is 0.0405. The number of hydrogen-bond donors (Lipinski definition) is 1. The van der Waals surface area contributed by atoms with Gasteiger partial charge >= 0.3 is 0 Å². The number of methoxy groups -OCH3 is 1. The molecule has 0 fully saturated rings. The minimum atomic E-state index is -0.0454. The molecule has 0 saturated carbocycles. The average Bonchev–Trinajstić information content (AvgIpc) is 3.15. The van der Waals surface area contributed by atoms with Crippen LogP contribution in [0.4, 0.5) is 0 Å². The minimum Gasteiger partial charge on any atom is -0.497 e. The molecule has 3 aromatic rings. The van der Waals surface area contributed by atoms with E-state index in [1.807, 2.05) is 72.2 Å². The predicted octanol–water partition coefficient (Wildman–Crippen LogP) is 4.03. The molecule has 7 heteroatoms. The van der Waals surface area contributed by atoms with Crippen molar-refractivity contribution < 1.29 is 9.53 Å². The number of amides is 1. The summed E-state index contributed by atoms with van der Waals surface area (Å²) in [7, 11) is 1.65. The highest BCUT2D eigenvalue weighted by molar-refractivity contribution is 7.99. The smallest absolute Gasteiger partial charge is 0.230 e. The van der Waals surface area contributed by atoms with Gasteiger partial charge in [-0.1, -0.05) is 60.3 Å². The Labute approximate surface area is 181 Å². The molecule has 30 heavy (non-hydrogen) atoms. The van der Waals surface area contributed by atoms with Gasteiger partial charge in [0.15, 0.2) is 5.16 Å². The SMILES string of the molecule is C=CCn1c(Cc2ccc(OC)cc2)nnc1SCC(=O)N[C@@H](C)c1ccccc1. The molecule has 0 spiro atoms. The Balaban J connectivity index is 1.62. The van der Waals surface area contributed by atoms with Gasteiger partial charge in [-0.15, -0.1) is 16.8 Å². The zero-order chi connectivity index (χ0) is 21.3. The lowest BCUT2D eigenvalue weighted by molar-refractivity contribution is -0.119. The average molecular weight is 423 g/mol. The second kappa shape index (κ2) is 10.6. The van der Waals surface area contributed by atoms with E-state index >= 15 is 0 Å². The molecular formula is C23H26N4O2S. The number of ether oxygens (including phenoxy) is 1. The number of nitrogens with zero attached hydrogens (tertiary/aromatic N) is 3. The van der Waals surface area contributed by atoms with Crippen molar-refractivity contribution in [1.82, 2.24) is 20.1 Å². The number of rotatable bonds is 10. The van der Waals surface area contributed by atoms with Crippen LogP contribution in [0.15, 0.2) is 72.4 Å². The summed E-state index contributed by atoms with van der Waals surface area (Å²) in [6, 6.07) is 17.7. The Morgan fingerprint density at radius 3 is 2.60 bits per heavy atom. The normalized spacial score (nSPS) is 11.7. The Morgan fingerprint density at radius 2 is 1.93 bits per heavy atom. The predicted molar refractivity (Wildman–Crippen MR) is 120 cm³/mol. The first-order valence-electron chi connectivity index (χ1n) is 9.73. The third-order valence-electron chi connectivity index (χ3n) is 4.64. The van der Waals surface area contributed by atoms with E-state index in [0.29, 0.717) is 18.1 Å². The summed E-state index contributed by atoms with van der Waals surface area (Å²) >= 11 is 1.38. The molecular weight excluding hydrogens is 396 g/mol. The van der Waals surface area contributed by atoms with Crippen molar-refractivity contribution in [2.75, 3.05) is 12.9 Å². The maximum Gasteiger partial charge on any atom is 0.230 e. The molecule has 0 saturated heterocycles. The molecule has 0 unspecified atom stereocenters. The molecule has 1 heterocycles. The van der Waals surface area contributed by atoms with Crippen LogP contribution in [0, 0.1) is 0 Å². The number of allylic oxidation sites excluding steroid dienone is 1. The first-order chi connectivity index (χ1) is 14.6. The lowest BCUT2D eigenvalue weighted by Gasteiger charge is -2.14. The van der Waals surface area contributed by atoms with Crippen LogP contribution in [0.3, 0.4) is 0 Å². The van der Waals surface area contributed by atoms with E-state index in [2.05, 4.69) is 22.1 Å². The van der Waals surface area contributed by atoms with Gasteiger partial charge in [-0.2, -0.15) is 0 Å². The van der Waals surface area contributed by atoms with Crippen molar-refractivity contribution in [1.29, 1.82) is 0 Å². The van der Waals surface area contributed by atoms with Crippen LogP contribution in [0.25, 0.3) is 0 Å². The number of benzene rings is 2. The molecule has 1 aromatic heterocycles. The lowest BCUT2D eigenvalue weighted by Crippen LogP contribution is -2.28. The lowest BCUT2D eigenvalue weighted by atomic mass is 10.1. The monoisotopic (exact) mass is 422 g/mol. The van der Waals surface area contributed by atoms with Crippen LogP contribution in [-0.4, -0.2) is 33.5 Å². The van der Waals surface area contributed by atoms with Gasteiger partial charge in [0.05, 0.1) is 18.9 Å². The number of thioether (sulfide) groups is 1. The number of hydrogen-bond acceptors (Lipinski definition) is 5. The van der Waals surface area contributed by atoms with Gasteiger partial charge in [0.1, 0.15) is 11.6 Å². The van der Waals surface area contributed by atoms with Crippen molar-refractivity contribution in [3.05, 3.63) is 84.2 Å². The zero-order valence-electron chi connectivity index (χ0n) is 17.2. The van der Waals surface area contributed by atoms with Crippen molar-refractivity contribution in [2.45, 2.75) is 31.1 Å². The third-order valence-corrected chi connectivity index (χ3v) is 5.60. The fourth-order valence-corrected chi connectivity index (χ4v) is 3.81. The van der Waals surface area contributed by atoms with Crippen LogP contribution in [-0.2, 0) is 17.8 Å². The third kappa shape index (κ3) is 5.73. The molecule has 1 atom stereocenters.